The lowest BCUT2D eigenvalue weighted by atomic mass is 10.2. The second kappa shape index (κ2) is 7.63. The van der Waals surface area contributed by atoms with Crippen LogP contribution < -0.4 is 14.8 Å². The standard InChI is InChI=1S/C14H21NO4/c1-5-15-9-11-6-7-12(17-3)13(8-11)19-10(2)14(16)18-4/h6-8,10,15H,5,9H2,1-4H3. The van der Waals surface area contributed by atoms with Crippen molar-refractivity contribution < 1.29 is 19.0 Å². The van der Waals surface area contributed by atoms with Crippen LogP contribution in [0.5, 0.6) is 11.5 Å². The first-order valence-corrected chi connectivity index (χ1v) is 6.24. The summed E-state index contributed by atoms with van der Waals surface area (Å²) >= 11 is 0. The summed E-state index contributed by atoms with van der Waals surface area (Å²) in [5.74, 6) is 0.714. The Hall–Kier alpha value is -1.75. The molecule has 5 nitrogen and oxygen atoms in total. The number of hydrogen-bond acceptors (Lipinski definition) is 5. The maximum Gasteiger partial charge on any atom is 0.346 e. The summed E-state index contributed by atoms with van der Waals surface area (Å²) in [7, 11) is 2.90. The van der Waals surface area contributed by atoms with Crippen molar-refractivity contribution in [2.45, 2.75) is 26.5 Å². The maximum absolute atomic E-state index is 11.4. The van der Waals surface area contributed by atoms with Crippen molar-refractivity contribution in [3.63, 3.8) is 0 Å². The van der Waals surface area contributed by atoms with E-state index in [0.29, 0.717) is 11.5 Å². The van der Waals surface area contributed by atoms with Crippen LogP contribution in [0, 0.1) is 0 Å². The van der Waals surface area contributed by atoms with Crippen molar-refractivity contribution >= 4 is 5.97 Å². The predicted octanol–water partition coefficient (Wildman–Crippen LogP) is 1.75. The van der Waals surface area contributed by atoms with Gasteiger partial charge in [-0.15, -0.1) is 0 Å². The summed E-state index contributed by atoms with van der Waals surface area (Å²) < 4.78 is 15.4. The third-order valence-corrected chi connectivity index (χ3v) is 2.64. The van der Waals surface area contributed by atoms with Crippen LogP contribution in [0.1, 0.15) is 19.4 Å². The monoisotopic (exact) mass is 267 g/mol. The van der Waals surface area contributed by atoms with Gasteiger partial charge in [-0.05, 0) is 31.2 Å². The van der Waals surface area contributed by atoms with E-state index in [1.807, 2.05) is 25.1 Å². The van der Waals surface area contributed by atoms with Crippen LogP contribution in [0.4, 0.5) is 0 Å². The Labute approximate surface area is 113 Å². The van der Waals surface area contributed by atoms with E-state index in [2.05, 4.69) is 10.1 Å². The van der Waals surface area contributed by atoms with Gasteiger partial charge in [-0.1, -0.05) is 13.0 Å². The highest BCUT2D eigenvalue weighted by molar-refractivity contribution is 5.74. The van der Waals surface area contributed by atoms with E-state index in [-0.39, 0.29) is 0 Å². The minimum atomic E-state index is -0.673. The molecule has 5 heteroatoms. The van der Waals surface area contributed by atoms with E-state index in [1.165, 1.54) is 7.11 Å². The first-order valence-electron chi connectivity index (χ1n) is 6.24. The van der Waals surface area contributed by atoms with Gasteiger partial charge in [0.25, 0.3) is 0 Å². The van der Waals surface area contributed by atoms with Crippen LogP contribution >= 0.6 is 0 Å². The SMILES string of the molecule is CCNCc1ccc(OC)c(OC(C)C(=O)OC)c1. The number of rotatable bonds is 7. The second-order valence-electron chi connectivity index (χ2n) is 4.05. The van der Waals surface area contributed by atoms with Gasteiger partial charge in [0, 0.05) is 6.54 Å². The van der Waals surface area contributed by atoms with Crippen molar-refractivity contribution in [2.24, 2.45) is 0 Å². The van der Waals surface area contributed by atoms with Gasteiger partial charge < -0.3 is 19.5 Å². The Morgan fingerprint density at radius 1 is 1.32 bits per heavy atom. The summed E-state index contributed by atoms with van der Waals surface area (Å²) in [6.45, 7) is 5.31. The average Bonchev–Trinajstić information content (AvgIpc) is 2.44. The average molecular weight is 267 g/mol. The predicted molar refractivity (Wildman–Crippen MR) is 72.5 cm³/mol. The van der Waals surface area contributed by atoms with E-state index in [4.69, 9.17) is 9.47 Å². The first-order chi connectivity index (χ1) is 9.12. The Morgan fingerprint density at radius 3 is 2.63 bits per heavy atom. The fourth-order valence-corrected chi connectivity index (χ4v) is 1.60. The molecule has 1 rings (SSSR count). The molecular weight excluding hydrogens is 246 g/mol. The lowest BCUT2D eigenvalue weighted by molar-refractivity contribution is -0.147. The number of carbonyl (C=O) groups excluding carboxylic acids is 1. The van der Waals surface area contributed by atoms with Gasteiger partial charge in [0.15, 0.2) is 17.6 Å². The number of benzene rings is 1. The zero-order valence-electron chi connectivity index (χ0n) is 11.9. The Balaban J connectivity index is 2.86. The minimum Gasteiger partial charge on any atom is -0.493 e. The summed E-state index contributed by atoms with van der Waals surface area (Å²) in [6, 6.07) is 5.64. The highest BCUT2D eigenvalue weighted by atomic mass is 16.6. The summed E-state index contributed by atoms with van der Waals surface area (Å²) in [5.41, 5.74) is 1.06. The number of methoxy groups -OCH3 is 2. The van der Waals surface area contributed by atoms with Crippen molar-refractivity contribution in [3.05, 3.63) is 23.8 Å². The molecule has 1 aromatic carbocycles. The fourth-order valence-electron chi connectivity index (χ4n) is 1.60. The number of nitrogens with one attached hydrogen (secondary N) is 1. The van der Waals surface area contributed by atoms with Crippen LogP contribution in [0.3, 0.4) is 0 Å². The van der Waals surface area contributed by atoms with E-state index in [9.17, 15) is 4.79 Å². The quantitative estimate of drug-likeness (QED) is 0.763. The smallest absolute Gasteiger partial charge is 0.346 e. The molecule has 106 valence electrons. The molecule has 0 aromatic heterocycles. The van der Waals surface area contributed by atoms with Gasteiger partial charge >= 0.3 is 5.97 Å². The second-order valence-corrected chi connectivity index (χ2v) is 4.05. The van der Waals surface area contributed by atoms with Crippen molar-refractivity contribution in [2.75, 3.05) is 20.8 Å². The molecule has 19 heavy (non-hydrogen) atoms. The van der Waals surface area contributed by atoms with Crippen LogP contribution in [0.25, 0.3) is 0 Å². The number of hydrogen-bond donors (Lipinski definition) is 1. The normalized spacial score (nSPS) is 11.8. The molecule has 0 aliphatic rings. The first kappa shape index (κ1) is 15.3. The number of carbonyl (C=O) groups is 1. The molecular formula is C14H21NO4. The molecule has 0 spiro atoms. The van der Waals surface area contributed by atoms with Gasteiger partial charge in [-0.3, -0.25) is 0 Å². The molecule has 0 saturated heterocycles. The fraction of sp³-hybridized carbons (Fsp3) is 0.500. The lowest BCUT2D eigenvalue weighted by Crippen LogP contribution is -2.25. The van der Waals surface area contributed by atoms with Gasteiger partial charge in [-0.25, -0.2) is 4.79 Å². The van der Waals surface area contributed by atoms with E-state index >= 15 is 0 Å². The largest absolute Gasteiger partial charge is 0.493 e. The molecule has 0 saturated carbocycles. The molecule has 0 heterocycles. The molecule has 0 amide bonds. The molecule has 1 unspecified atom stereocenters. The van der Waals surface area contributed by atoms with Crippen LogP contribution in [-0.2, 0) is 16.1 Å². The summed E-state index contributed by atoms with van der Waals surface area (Å²) in [5, 5.41) is 3.23. The van der Waals surface area contributed by atoms with Crippen LogP contribution in [-0.4, -0.2) is 32.8 Å². The Morgan fingerprint density at radius 2 is 2.05 bits per heavy atom. The van der Waals surface area contributed by atoms with Gasteiger partial charge in [0.1, 0.15) is 0 Å². The third-order valence-electron chi connectivity index (χ3n) is 2.64. The van der Waals surface area contributed by atoms with E-state index < -0.39 is 12.1 Å². The molecule has 1 N–H and O–H groups in total. The third kappa shape index (κ3) is 4.44. The zero-order valence-corrected chi connectivity index (χ0v) is 11.9. The molecule has 0 aliphatic carbocycles. The number of ether oxygens (including phenoxy) is 3. The Kier molecular flexibility index (Phi) is 6.15. The van der Waals surface area contributed by atoms with Crippen molar-refractivity contribution in [3.8, 4) is 11.5 Å². The minimum absolute atomic E-state index is 0.417. The molecule has 0 aliphatic heterocycles. The van der Waals surface area contributed by atoms with Crippen LogP contribution in [0.2, 0.25) is 0 Å². The number of esters is 1. The topological polar surface area (TPSA) is 56.8 Å². The van der Waals surface area contributed by atoms with E-state index in [0.717, 1.165) is 18.7 Å². The molecule has 1 atom stereocenters. The molecule has 0 radical (unpaired) electrons. The lowest BCUT2D eigenvalue weighted by Gasteiger charge is -2.16. The summed E-state index contributed by atoms with van der Waals surface area (Å²) in [4.78, 5) is 11.4. The molecule has 1 aromatic rings. The zero-order chi connectivity index (χ0) is 14.3. The molecule has 0 bridgehead atoms. The van der Waals surface area contributed by atoms with Crippen LogP contribution in [0.15, 0.2) is 18.2 Å². The Bertz CT molecular complexity index is 420. The van der Waals surface area contributed by atoms with Gasteiger partial charge in [0.2, 0.25) is 0 Å². The van der Waals surface area contributed by atoms with Crippen molar-refractivity contribution in [1.29, 1.82) is 0 Å². The highest BCUT2D eigenvalue weighted by Gasteiger charge is 2.17. The van der Waals surface area contributed by atoms with Gasteiger partial charge in [0.05, 0.1) is 14.2 Å². The van der Waals surface area contributed by atoms with Gasteiger partial charge in [-0.2, -0.15) is 0 Å². The van der Waals surface area contributed by atoms with Crippen molar-refractivity contribution in [1.82, 2.24) is 5.32 Å². The highest BCUT2D eigenvalue weighted by Crippen LogP contribution is 2.29. The maximum atomic E-state index is 11.4. The summed E-state index contributed by atoms with van der Waals surface area (Å²) in [6.07, 6.45) is -0.673. The molecule has 0 fully saturated rings. The van der Waals surface area contributed by atoms with E-state index in [1.54, 1.807) is 14.0 Å².